The second-order valence-corrected chi connectivity index (χ2v) is 12.6. The van der Waals surface area contributed by atoms with E-state index in [-0.39, 0.29) is 0 Å². The highest BCUT2D eigenvalue weighted by atomic mass is 14.9. The minimum Gasteiger partial charge on any atom is -0.402 e. The monoisotopic (exact) mass is 556 g/mol. The summed E-state index contributed by atoms with van der Waals surface area (Å²) in [7, 11) is 0. The Morgan fingerprint density at radius 3 is 2.71 bits per heavy atom. The van der Waals surface area contributed by atoms with Gasteiger partial charge in [-0.05, 0) is 145 Å². The van der Waals surface area contributed by atoms with Gasteiger partial charge in [-0.1, -0.05) is 86.3 Å². The zero-order valence-electron chi connectivity index (χ0n) is 26.7. The summed E-state index contributed by atoms with van der Waals surface area (Å²) in [4.78, 5) is 0. The van der Waals surface area contributed by atoms with Crippen LogP contribution in [0.1, 0.15) is 117 Å². The molecule has 0 aromatic rings. The summed E-state index contributed by atoms with van der Waals surface area (Å²) in [5.74, 6) is 2.30. The van der Waals surface area contributed by atoms with Crippen molar-refractivity contribution in [3.8, 4) is 0 Å². The average molecular weight is 557 g/mol. The molecular formula is C39H60N2. The number of nitrogens with two attached hydrogens (primary N) is 1. The largest absolute Gasteiger partial charge is 0.402 e. The Morgan fingerprint density at radius 1 is 1.07 bits per heavy atom. The Bertz CT molecular complexity index is 1010. The van der Waals surface area contributed by atoms with E-state index in [4.69, 9.17) is 5.73 Å². The summed E-state index contributed by atoms with van der Waals surface area (Å²) < 4.78 is 0. The fourth-order valence-corrected chi connectivity index (χ4v) is 7.16. The molecule has 0 spiro atoms. The molecule has 0 amide bonds. The molecule has 4 atom stereocenters. The molecule has 2 nitrogen and oxygen atoms in total. The average Bonchev–Trinajstić information content (AvgIpc) is 3.00. The third kappa shape index (κ3) is 11.1. The van der Waals surface area contributed by atoms with Crippen LogP contribution in [0.25, 0.3) is 0 Å². The van der Waals surface area contributed by atoms with Crippen LogP contribution in [0.2, 0.25) is 0 Å². The molecule has 3 N–H and O–H groups in total. The van der Waals surface area contributed by atoms with Gasteiger partial charge in [-0.3, -0.25) is 0 Å². The third-order valence-electron chi connectivity index (χ3n) is 9.59. The highest BCUT2D eigenvalue weighted by Gasteiger charge is 2.31. The number of hydrogen-bond donors (Lipinski definition) is 2. The van der Waals surface area contributed by atoms with E-state index < -0.39 is 0 Å². The molecule has 226 valence electrons. The highest BCUT2D eigenvalue weighted by Crippen LogP contribution is 2.45. The van der Waals surface area contributed by atoms with Crippen molar-refractivity contribution in [3.05, 3.63) is 95.3 Å². The van der Waals surface area contributed by atoms with Crippen LogP contribution in [-0.2, 0) is 0 Å². The molecule has 3 aliphatic rings. The number of fused-ring (bicyclic) bond motifs is 1. The van der Waals surface area contributed by atoms with Crippen LogP contribution in [0.3, 0.4) is 0 Å². The molecule has 1 aliphatic heterocycles. The van der Waals surface area contributed by atoms with Crippen molar-refractivity contribution in [1.29, 1.82) is 0 Å². The molecule has 0 aromatic heterocycles. The third-order valence-corrected chi connectivity index (χ3v) is 9.59. The molecule has 41 heavy (non-hydrogen) atoms. The molecule has 1 heterocycles. The van der Waals surface area contributed by atoms with Gasteiger partial charge < -0.3 is 11.1 Å². The van der Waals surface area contributed by atoms with Crippen LogP contribution in [0.4, 0.5) is 0 Å². The predicted molar refractivity (Wildman–Crippen MR) is 182 cm³/mol. The number of unbranched alkanes of at least 4 members (excludes halogenated alkanes) is 1. The first-order valence-electron chi connectivity index (χ1n) is 16.9. The Hall–Kier alpha value is -2.32. The van der Waals surface area contributed by atoms with Gasteiger partial charge in [-0.25, -0.2) is 0 Å². The van der Waals surface area contributed by atoms with Gasteiger partial charge in [-0.15, -0.1) is 0 Å². The number of allylic oxidation sites excluding steroid dienone is 12. The summed E-state index contributed by atoms with van der Waals surface area (Å²) in [5, 5.41) is 3.66. The first-order chi connectivity index (χ1) is 20.1. The van der Waals surface area contributed by atoms with Gasteiger partial charge in [0, 0.05) is 11.7 Å². The fraction of sp³-hybridized carbons (Fsp3) is 0.590. The Kier molecular flexibility index (Phi) is 15.4. The lowest BCUT2D eigenvalue weighted by Crippen LogP contribution is -2.32. The van der Waals surface area contributed by atoms with Crippen molar-refractivity contribution in [2.45, 2.75) is 123 Å². The summed E-state index contributed by atoms with van der Waals surface area (Å²) in [6.45, 7) is 11.9. The second kappa shape index (κ2) is 19.0. The van der Waals surface area contributed by atoms with E-state index in [2.05, 4.69) is 87.4 Å². The van der Waals surface area contributed by atoms with Crippen molar-refractivity contribution < 1.29 is 0 Å². The zero-order chi connectivity index (χ0) is 29.3. The van der Waals surface area contributed by atoms with E-state index >= 15 is 0 Å². The maximum atomic E-state index is 6.23. The smallest absolute Gasteiger partial charge is 0.0465 e. The topological polar surface area (TPSA) is 38.0 Å². The maximum Gasteiger partial charge on any atom is 0.0465 e. The lowest BCUT2D eigenvalue weighted by atomic mass is 9.67. The molecule has 3 rings (SSSR count). The van der Waals surface area contributed by atoms with E-state index in [0.717, 1.165) is 55.7 Å². The van der Waals surface area contributed by atoms with Crippen molar-refractivity contribution in [2.24, 2.45) is 23.5 Å². The molecule has 2 heteroatoms. The fourth-order valence-electron chi connectivity index (χ4n) is 7.16. The van der Waals surface area contributed by atoms with Crippen LogP contribution in [0, 0.1) is 17.8 Å². The molecule has 0 bridgehead atoms. The SMILES string of the molecule is C=C/C=C(\CCCC(C)CC/C(=C\C)C1C=CCCN1)C1=C2C=CCCC2C(CCC/C=C(\N)CC/C=C\C)CC1. The van der Waals surface area contributed by atoms with Gasteiger partial charge in [0.2, 0.25) is 0 Å². The summed E-state index contributed by atoms with van der Waals surface area (Å²) >= 11 is 0. The van der Waals surface area contributed by atoms with Gasteiger partial charge >= 0.3 is 0 Å². The van der Waals surface area contributed by atoms with Crippen LogP contribution >= 0.6 is 0 Å². The van der Waals surface area contributed by atoms with Crippen LogP contribution in [0.15, 0.2) is 95.3 Å². The maximum absolute atomic E-state index is 6.23. The van der Waals surface area contributed by atoms with E-state index in [0.29, 0.717) is 6.04 Å². The minimum absolute atomic E-state index is 0.450. The van der Waals surface area contributed by atoms with Crippen LogP contribution in [-0.4, -0.2) is 12.6 Å². The lowest BCUT2D eigenvalue weighted by molar-refractivity contribution is 0.293. The van der Waals surface area contributed by atoms with Gasteiger partial charge in [0.25, 0.3) is 0 Å². The van der Waals surface area contributed by atoms with Crippen molar-refractivity contribution in [1.82, 2.24) is 5.32 Å². The number of nitrogens with one attached hydrogen (secondary N) is 1. The summed E-state index contributed by atoms with van der Waals surface area (Å²) in [6, 6.07) is 0.450. The molecule has 0 aromatic carbocycles. The van der Waals surface area contributed by atoms with Gasteiger partial charge in [0.1, 0.15) is 0 Å². The van der Waals surface area contributed by atoms with Gasteiger partial charge in [0.05, 0.1) is 0 Å². The van der Waals surface area contributed by atoms with E-state index in [9.17, 15) is 0 Å². The summed E-state index contributed by atoms with van der Waals surface area (Å²) in [6.07, 6.45) is 41.1. The first kappa shape index (κ1) is 33.2. The van der Waals surface area contributed by atoms with Gasteiger partial charge in [0.15, 0.2) is 0 Å². The van der Waals surface area contributed by atoms with Crippen LogP contribution in [0.5, 0.6) is 0 Å². The molecule has 4 unspecified atom stereocenters. The van der Waals surface area contributed by atoms with Crippen LogP contribution < -0.4 is 11.1 Å². The number of rotatable bonds is 17. The molecule has 0 saturated heterocycles. The molecule has 0 saturated carbocycles. The quantitative estimate of drug-likeness (QED) is 0.106. The normalized spacial score (nSPS) is 24.7. The van der Waals surface area contributed by atoms with E-state index in [1.807, 2.05) is 6.08 Å². The first-order valence-corrected chi connectivity index (χ1v) is 16.9. The molecule has 0 radical (unpaired) electrons. The molecular weight excluding hydrogens is 496 g/mol. The molecule has 0 fully saturated rings. The standard InChI is InChI=1S/C39H60N2/c1-5-8-9-21-35(40)22-11-10-19-34-28-29-37(38-24-13-12-23-36(34)38)33(17-6-2)20-16-18-31(4)26-27-32(7-3)39-25-14-15-30-41-39/h5-8,13-14,17,22,24-25,31,34,36,39,41H,2,9-12,15-16,18-21,23,26-30,40H2,1,3-4H3/b8-5-,32-7+,33-17+,35-22-. The number of hydrogen-bond acceptors (Lipinski definition) is 2. The second-order valence-electron chi connectivity index (χ2n) is 12.6. The summed E-state index contributed by atoms with van der Waals surface area (Å²) in [5.41, 5.74) is 13.7. The van der Waals surface area contributed by atoms with Gasteiger partial charge in [-0.2, -0.15) is 0 Å². The lowest BCUT2D eigenvalue weighted by Gasteiger charge is -2.37. The molecule has 2 aliphatic carbocycles. The zero-order valence-corrected chi connectivity index (χ0v) is 26.7. The van der Waals surface area contributed by atoms with Crippen molar-refractivity contribution in [3.63, 3.8) is 0 Å². The Labute approximate surface area is 253 Å². The van der Waals surface area contributed by atoms with Crippen molar-refractivity contribution >= 4 is 0 Å². The highest BCUT2D eigenvalue weighted by molar-refractivity contribution is 5.45. The minimum atomic E-state index is 0.450. The van der Waals surface area contributed by atoms with E-state index in [1.54, 1.807) is 22.3 Å². The van der Waals surface area contributed by atoms with E-state index in [1.165, 1.54) is 70.6 Å². The Morgan fingerprint density at radius 2 is 1.95 bits per heavy atom. The van der Waals surface area contributed by atoms with Crippen molar-refractivity contribution in [2.75, 3.05) is 6.54 Å². The Balaban J connectivity index is 1.52. The predicted octanol–water partition coefficient (Wildman–Crippen LogP) is 10.6.